The number of ether oxygens (including phenoxy) is 1. The van der Waals surface area contributed by atoms with Crippen molar-refractivity contribution in [1.82, 2.24) is 15.2 Å². The van der Waals surface area contributed by atoms with E-state index in [1.807, 2.05) is 56.3 Å². The third-order valence-corrected chi connectivity index (χ3v) is 5.36. The summed E-state index contributed by atoms with van der Waals surface area (Å²) in [6.45, 7) is 3.95. The molecule has 0 atom stereocenters. The van der Waals surface area contributed by atoms with Crippen LogP contribution in [0, 0.1) is 13.8 Å². The Morgan fingerprint density at radius 3 is 2.59 bits per heavy atom. The lowest BCUT2D eigenvalue weighted by atomic mass is 10.1. The Morgan fingerprint density at radius 2 is 1.90 bits per heavy atom. The van der Waals surface area contributed by atoms with Crippen molar-refractivity contribution in [3.8, 4) is 5.75 Å². The SMILES string of the molecule is COc1ccc(Cc2nnc(SCC(=O)Nc3cccc(C)c3C)[nH]c2=O)cc1. The molecule has 150 valence electrons. The molecule has 0 saturated carbocycles. The number of carbonyl (C=O) groups excluding carboxylic acids is 1. The summed E-state index contributed by atoms with van der Waals surface area (Å²) in [7, 11) is 1.60. The third kappa shape index (κ3) is 5.45. The van der Waals surface area contributed by atoms with Gasteiger partial charge in [-0.1, -0.05) is 36.0 Å². The predicted octanol–water partition coefficient (Wildman–Crippen LogP) is 3.11. The minimum absolute atomic E-state index is 0.121. The van der Waals surface area contributed by atoms with Crippen molar-refractivity contribution in [3.05, 3.63) is 75.2 Å². The number of H-pyrrole nitrogens is 1. The van der Waals surface area contributed by atoms with E-state index in [2.05, 4.69) is 20.5 Å². The van der Waals surface area contributed by atoms with E-state index < -0.39 is 0 Å². The number of nitrogens with zero attached hydrogens (tertiary/aromatic N) is 2. The predicted molar refractivity (Wildman–Crippen MR) is 114 cm³/mol. The lowest BCUT2D eigenvalue weighted by molar-refractivity contribution is -0.113. The highest BCUT2D eigenvalue weighted by Crippen LogP contribution is 2.19. The number of rotatable bonds is 7. The number of benzene rings is 2. The third-order valence-electron chi connectivity index (χ3n) is 4.49. The first-order chi connectivity index (χ1) is 14.0. The molecule has 3 rings (SSSR count). The van der Waals surface area contributed by atoms with E-state index in [4.69, 9.17) is 4.74 Å². The topological polar surface area (TPSA) is 97.0 Å². The monoisotopic (exact) mass is 410 g/mol. The summed E-state index contributed by atoms with van der Waals surface area (Å²) in [5.41, 5.74) is 3.86. The van der Waals surface area contributed by atoms with Crippen LogP contribution in [0.15, 0.2) is 52.4 Å². The van der Waals surface area contributed by atoms with Crippen molar-refractivity contribution in [3.63, 3.8) is 0 Å². The Kier molecular flexibility index (Phi) is 6.66. The minimum Gasteiger partial charge on any atom is -0.497 e. The van der Waals surface area contributed by atoms with Gasteiger partial charge in [-0.3, -0.25) is 14.6 Å². The van der Waals surface area contributed by atoms with Crippen molar-refractivity contribution in [2.75, 3.05) is 18.2 Å². The maximum absolute atomic E-state index is 12.3. The molecule has 0 bridgehead atoms. The molecular weight excluding hydrogens is 388 g/mol. The standard InChI is InChI=1S/C21H22N4O3S/c1-13-5-4-6-17(14(13)2)22-19(26)12-29-21-23-20(27)18(24-25-21)11-15-7-9-16(28-3)10-8-15/h4-10H,11-12H2,1-3H3,(H,22,26)(H,23,25,27). The van der Waals surface area contributed by atoms with E-state index in [0.717, 1.165) is 39.9 Å². The zero-order valence-corrected chi connectivity index (χ0v) is 17.3. The summed E-state index contributed by atoms with van der Waals surface area (Å²) in [5, 5.41) is 11.2. The number of aromatic nitrogens is 3. The molecule has 1 aromatic heterocycles. The van der Waals surface area contributed by atoms with Crippen LogP contribution in [-0.4, -0.2) is 34.0 Å². The van der Waals surface area contributed by atoms with E-state index in [-0.39, 0.29) is 17.2 Å². The smallest absolute Gasteiger partial charge is 0.273 e. The Bertz CT molecular complexity index is 1060. The first-order valence-electron chi connectivity index (χ1n) is 9.04. The number of methoxy groups -OCH3 is 1. The number of anilines is 1. The average Bonchev–Trinajstić information content (AvgIpc) is 2.72. The molecule has 7 nitrogen and oxygen atoms in total. The van der Waals surface area contributed by atoms with Gasteiger partial charge in [0.1, 0.15) is 11.4 Å². The summed E-state index contributed by atoms with van der Waals surface area (Å²) >= 11 is 1.13. The van der Waals surface area contributed by atoms with Crippen molar-refractivity contribution >= 4 is 23.4 Å². The molecule has 0 unspecified atom stereocenters. The van der Waals surface area contributed by atoms with Crippen molar-refractivity contribution in [2.45, 2.75) is 25.4 Å². The van der Waals surface area contributed by atoms with Crippen LogP contribution >= 0.6 is 11.8 Å². The van der Waals surface area contributed by atoms with Crippen LogP contribution in [0.25, 0.3) is 0 Å². The van der Waals surface area contributed by atoms with Gasteiger partial charge < -0.3 is 10.1 Å². The first-order valence-corrected chi connectivity index (χ1v) is 10.0. The van der Waals surface area contributed by atoms with Gasteiger partial charge in [-0.05, 0) is 48.7 Å². The Hall–Kier alpha value is -3.13. The lowest BCUT2D eigenvalue weighted by Crippen LogP contribution is -2.19. The van der Waals surface area contributed by atoms with Crippen molar-refractivity contribution in [2.24, 2.45) is 0 Å². The Balaban J connectivity index is 1.59. The number of hydrogen-bond acceptors (Lipinski definition) is 6. The number of thioether (sulfide) groups is 1. The minimum atomic E-state index is -0.312. The van der Waals surface area contributed by atoms with Crippen LogP contribution in [0.3, 0.4) is 0 Å². The van der Waals surface area contributed by atoms with Crippen LogP contribution in [0.2, 0.25) is 0 Å². The van der Waals surface area contributed by atoms with Gasteiger partial charge in [-0.2, -0.15) is 0 Å². The summed E-state index contributed by atoms with van der Waals surface area (Å²) in [5.74, 6) is 0.698. The fraction of sp³-hybridized carbons (Fsp3) is 0.238. The van der Waals surface area contributed by atoms with Crippen LogP contribution < -0.4 is 15.6 Å². The molecule has 1 amide bonds. The summed E-state index contributed by atoms with van der Waals surface area (Å²) in [4.78, 5) is 27.2. The maximum atomic E-state index is 12.3. The Labute approximate surface area is 172 Å². The highest BCUT2D eigenvalue weighted by Gasteiger charge is 2.10. The highest BCUT2D eigenvalue weighted by atomic mass is 32.2. The van der Waals surface area contributed by atoms with Gasteiger partial charge in [0.2, 0.25) is 5.91 Å². The molecule has 0 spiro atoms. The van der Waals surface area contributed by atoms with E-state index >= 15 is 0 Å². The molecule has 2 aromatic carbocycles. The molecule has 0 aliphatic carbocycles. The summed E-state index contributed by atoms with van der Waals surface area (Å²) < 4.78 is 5.12. The number of carbonyl (C=O) groups is 1. The molecule has 29 heavy (non-hydrogen) atoms. The molecule has 0 radical (unpaired) electrons. The number of aryl methyl sites for hydroxylation is 1. The molecule has 0 saturated heterocycles. The second-order valence-corrected chi connectivity index (χ2v) is 7.48. The normalized spacial score (nSPS) is 10.6. The second-order valence-electron chi connectivity index (χ2n) is 6.52. The largest absolute Gasteiger partial charge is 0.497 e. The van der Waals surface area contributed by atoms with Gasteiger partial charge >= 0.3 is 0 Å². The van der Waals surface area contributed by atoms with Crippen LogP contribution in [0.5, 0.6) is 5.75 Å². The first kappa shape index (κ1) is 20.6. The van der Waals surface area contributed by atoms with Gasteiger partial charge in [-0.25, -0.2) is 0 Å². The van der Waals surface area contributed by atoms with E-state index in [9.17, 15) is 9.59 Å². The molecule has 0 aliphatic heterocycles. The van der Waals surface area contributed by atoms with Crippen molar-refractivity contribution < 1.29 is 9.53 Å². The quantitative estimate of drug-likeness (QED) is 0.581. The second kappa shape index (κ2) is 9.38. The van der Waals surface area contributed by atoms with Gasteiger partial charge in [0, 0.05) is 12.1 Å². The number of nitrogens with one attached hydrogen (secondary N) is 2. The van der Waals surface area contributed by atoms with Crippen LogP contribution in [0.1, 0.15) is 22.4 Å². The molecular formula is C21H22N4O3S. The van der Waals surface area contributed by atoms with Gasteiger partial charge in [-0.15, -0.1) is 10.2 Å². The summed E-state index contributed by atoms with van der Waals surface area (Å²) in [6.07, 6.45) is 0.365. The fourth-order valence-electron chi connectivity index (χ4n) is 2.67. The Morgan fingerprint density at radius 1 is 1.14 bits per heavy atom. The van der Waals surface area contributed by atoms with E-state index in [1.54, 1.807) is 7.11 Å². The lowest BCUT2D eigenvalue weighted by Gasteiger charge is -2.10. The summed E-state index contributed by atoms with van der Waals surface area (Å²) in [6, 6.07) is 13.2. The van der Waals surface area contributed by atoms with Crippen LogP contribution in [0.4, 0.5) is 5.69 Å². The van der Waals surface area contributed by atoms with E-state index in [1.165, 1.54) is 0 Å². The molecule has 3 aromatic rings. The zero-order chi connectivity index (χ0) is 20.8. The fourth-order valence-corrected chi connectivity index (χ4v) is 3.27. The van der Waals surface area contributed by atoms with Gasteiger partial charge in [0.25, 0.3) is 5.56 Å². The molecule has 0 fully saturated rings. The van der Waals surface area contributed by atoms with Gasteiger partial charge in [0.05, 0.1) is 12.9 Å². The molecule has 2 N–H and O–H groups in total. The van der Waals surface area contributed by atoms with Crippen LogP contribution in [-0.2, 0) is 11.2 Å². The van der Waals surface area contributed by atoms with Crippen molar-refractivity contribution in [1.29, 1.82) is 0 Å². The number of amides is 1. The average molecular weight is 410 g/mol. The zero-order valence-electron chi connectivity index (χ0n) is 16.5. The number of aromatic amines is 1. The number of hydrogen-bond donors (Lipinski definition) is 2. The maximum Gasteiger partial charge on any atom is 0.273 e. The molecule has 1 heterocycles. The molecule has 0 aliphatic rings. The van der Waals surface area contributed by atoms with E-state index in [0.29, 0.717) is 17.3 Å². The van der Waals surface area contributed by atoms with Gasteiger partial charge in [0.15, 0.2) is 5.16 Å². The highest BCUT2D eigenvalue weighted by molar-refractivity contribution is 7.99. The molecule has 8 heteroatoms.